The molecule has 138 valence electrons. The Bertz CT molecular complexity index is 795. The van der Waals surface area contributed by atoms with E-state index in [-0.39, 0.29) is 5.60 Å². The summed E-state index contributed by atoms with van der Waals surface area (Å²) in [5, 5.41) is 0.737. The van der Waals surface area contributed by atoms with Gasteiger partial charge in [0.15, 0.2) is 5.60 Å². The molecule has 2 unspecified atom stereocenters. The van der Waals surface area contributed by atoms with E-state index in [1.165, 1.54) is 16.7 Å². The molecule has 4 heteroatoms. The lowest BCUT2D eigenvalue weighted by Crippen LogP contribution is -2.51. The van der Waals surface area contributed by atoms with Crippen LogP contribution in [0.2, 0.25) is 5.02 Å². The second-order valence-corrected chi connectivity index (χ2v) is 8.63. The minimum atomic E-state index is -0.292. The third-order valence-corrected chi connectivity index (χ3v) is 5.64. The van der Waals surface area contributed by atoms with Crippen LogP contribution in [-0.2, 0) is 6.42 Å². The fraction of sp³-hybridized carbons (Fsp3) is 0.455. The van der Waals surface area contributed by atoms with Crippen LogP contribution in [0.25, 0.3) is 0 Å². The number of fused-ring (bicyclic) bond motifs is 3. The molecule has 3 aliphatic rings. The van der Waals surface area contributed by atoms with Gasteiger partial charge in [0.05, 0.1) is 6.54 Å². The van der Waals surface area contributed by atoms with Crippen LogP contribution in [0.4, 0.5) is 0 Å². The van der Waals surface area contributed by atoms with Gasteiger partial charge in [-0.25, -0.2) is 0 Å². The third-order valence-electron chi connectivity index (χ3n) is 5.40. The molecule has 1 aromatic rings. The molecule has 2 atom stereocenters. The lowest BCUT2D eigenvalue weighted by molar-refractivity contribution is 0.0830. The summed E-state index contributed by atoms with van der Waals surface area (Å²) in [5.74, 6) is 1.54. The number of nitrogens with zero attached hydrogens (tertiary/aromatic N) is 2. The van der Waals surface area contributed by atoms with Gasteiger partial charge in [-0.15, -0.1) is 0 Å². The molecule has 1 aromatic carbocycles. The van der Waals surface area contributed by atoms with Gasteiger partial charge in [0.2, 0.25) is 0 Å². The Hall–Kier alpha value is -1.71. The van der Waals surface area contributed by atoms with E-state index < -0.39 is 0 Å². The van der Waals surface area contributed by atoms with Gasteiger partial charge in [-0.3, -0.25) is 0 Å². The Labute approximate surface area is 161 Å². The Morgan fingerprint density at radius 2 is 2.19 bits per heavy atom. The Morgan fingerprint density at radius 3 is 3.00 bits per heavy atom. The van der Waals surface area contributed by atoms with Crippen LogP contribution in [0.5, 0.6) is 5.75 Å². The van der Waals surface area contributed by atoms with Crippen molar-refractivity contribution in [1.82, 2.24) is 9.80 Å². The number of benzene rings is 1. The van der Waals surface area contributed by atoms with E-state index in [9.17, 15) is 0 Å². The fourth-order valence-corrected chi connectivity index (χ4v) is 4.75. The maximum Gasteiger partial charge on any atom is 0.156 e. The summed E-state index contributed by atoms with van der Waals surface area (Å²) >= 11 is 6.20. The molecule has 0 amide bonds. The highest BCUT2D eigenvalue weighted by Crippen LogP contribution is 2.46. The van der Waals surface area contributed by atoms with E-state index in [2.05, 4.69) is 61.3 Å². The first kappa shape index (κ1) is 17.7. The monoisotopic (exact) mass is 370 g/mol. The van der Waals surface area contributed by atoms with Crippen molar-refractivity contribution in [2.75, 3.05) is 33.7 Å². The van der Waals surface area contributed by atoms with Crippen molar-refractivity contribution >= 4 is 11.6 Å². The molecular formula is C22H27ClN2O. The van der Waals surface area contributed by atoms with Crippen LogP contribution in [-0.4, -0.2) is 49.1 Å². The summed E-state index contributed by atoms with van der Waals surface area (Å²) in [6.45, 7) is 5.34. The van der Waals surface area contributed by atoms with Crippen LogP contribution in [0.15, 0.2) is 53.8 Å². The molecule has 26 heavy (non-hydrogen) atoms. The normalized spacial score (nSPS) is 24.9. The minimum absolute atomic E-state index is 0.292. The highest BCUT2D eigenvalue weighted by Gasteiger charge is 2.47. The first-order valence-electron chi connectivity index (χ1n) is 9.40. The number of halogens is 1. The average Bonchev–Trinajstić information content (AvgIpc) is 2.91. The van der Waals surface area contributed by atoms with E-state index in [0.29, 0.717) is 5.92 Å². The number of hydrogen-bond donors (Lipinski definition) is 0. The molecule has 0 fully saturated rings. The first-order valence-corrected chi connectivity index (χ1v) is 9.77. The van der Waals surface area contributed by atoms with Crippen LogP contribution in [0.1, 0.15) is 18.9 Å². The SMILES string of the molecule is CC(CN(C)C)CN1C=C2CC=CC=C2C2(Cc3ccc(Cl)cc3O2)C1. The number of hydrogen-bond acceptors (Lipinski definition) is 3. The van der Waals surface area contributed by atoms with Crippen molar-refractivity contribution in [3.63, 3.8) is 0 Å². The fourth-order valence-electron chi connectivity index (χ4n) is 4.58. The van der Waals surface area contributed by atoms with Crippen molar-refractivity contribution in [3.05, 3.63) is 64.4 Å². The van der Waals surface area contributed by atoms with E-state index in [1.807, 2.05) is 12.1 Å². The molecule has 0 bridgehead atoms. The lowest BCUT2D eigenvalue weighted by atomic mass is 9.79. The Morgan fingerprint density at radius 1 is 1.35 bits per heavy atom. The number of ether oxygens (including phenoxy) is 1. The zero-order valence-electron chi connectivity index (χ0n) is 15.8. The molecule has 2 heterocycles. The second-order valence-electron chi connectivity index (χ2n) is 8.19. The van der Waals surface area contributed by atoms with Gasteiger partial charge in [0.25, 0.3) is 0 Å². The maximum absolute atomic E-state index is 6.60. The van der Waals surface area contributed by atoms with Gasteiger partial charge in [-0.1, -0.05) is 42.8 Å². The molecule has 1 spiro atoms. The van der Waals surface area contributed by atoms with Gasteiger partial charge in [0.1, 0.15) is 5.75 Å². The molecule has 0 radical (unpaired) electrons. The van der Waals surface area contributed by atoms with E-state index in [0.717, 1.165) is 43.2 Å². The summed E-state index contributed by atoms with van der Waals surface area (Å²) in [7, 11) is 4.28. The second kappa shape index (κ2) is 6.79. The van der Waals surface area contributed by atoms with Crippen molar-refractivity contribution in [1.29, 1.82) is 0 Å². The van der Waals surface area contributed by atoms with Crippen LogP contribution in [0, 0.1) is 5.92 Å². The molecule has 0 N–H and O–H groups in total. The number of allylic oxidation sites excluding steroid dienone is 3. The highest BCUT2D eigenvalue weighted by molar-refractivity contribution is 6.30. The van der Waals surface area contributed by atoms with Gasteiger partial charge in [-0.05, 0) is 49.7 Å². The molecule has 0 saturated heterocycles. The van der Waals surface area contributed by atoms with Gasteiger partial charge in [0, 0.05) is 36.3 Å². The molecule has 4 rings (SSSR count). The molecule has 1 aliphatic carbocycles. The molecule has 0 aromatic heterocycles. The number of rotatable bonds is 4. The maximum atomic E-state index is 6.60. The van der Waals surface area contributed by atoms with Crippen molar-refractivity contribution in [2.45, 2.75) is 25.4 Å². The van der Waals surface area contributed by atoms with Gasteiger partial charge >= 0.3 is 0 Å². The average molecular weight is 371 g/mol. The Balaban J connectivity index is 1.63. The zero-order chi connectivity index (χ0) is 18.3. The van der Waals surface area contributed by atoms with Crippen molar-refractivity contribution in [3.8, 4) is 5.75 Å². The first-order chi connectivity index (χ1) is 12.4. The Kier molecular flexibility index (Phi) is 4.62. The molecule has 3 nitrogen and oxygen atoms in total. The van der Waals surface area contributed by atoms with Crippen molar-refractivity contribution in [2.24, 2.45) is 5.92 Å². The predicted molar refractivity (Wildman–Crippen MR) is 108 cm³/mol. The smallest absolute Gasteiger partial charge is 0.156 e. The van der Waals surface area contributed by atoms with Crippen LogP contribution < -0.4 is 4.74 Å². The highest BCUT2D eigenvalue weighted by atomic mass is 35.5. The third kappa shape index (κ3) is 3.30. The molecule has 2 aliphatic heterocycles. The van der Waals surface area contributed by atoms with E-state index >= 15 is 0 Å². The van der Waals surface area contributed by atoms with Crippen LogP contribution in [0.3, 0.4) is 0 Å². The van der Waals surface area contributed by atoms with Crippen molar-refractivity contribution < 1.29 is 4.74 Å². The summed E-state index contributed by atoms with van der Waals surface area (Å²) in [6, 6.07) is 6.04. The van der Waals surface area contributed by atoms with Crippen LogP contribution >= 0.6 is 11.6 Å². The summed E-state index contributed by atoms with van der Waals surface area (Å²) in [4.78, 5) is 4.73. The van der Waals surface area contributed by atoms with E-state index in [4.69, 9.17) is 16.3 Å². The standard InChI is InChI=1S/C22H27ClN2O/c1-16(12-24(2)3)13-25-14-18-6-4-5-7-20(18)22(15-25)11-17-8-9-19(23)10-21(17)26-22/h4-5,7-10,14,16H,6,11-13,15H2,1-3H3. The quantitative estimate of drug-likeness (QED) is 0.786. The van der Waals surface area contributed by atoms with Gasteiger partial charge in [-0.2, -0.15) is 0 Å². The largest absolute Gasteiger partial charge is 0.480 e. The topological polar surface area (TPSA) is 15.7 Å². The summed E-state index contributed by atoms with van der Waals surface area (Å²) < 4.78 is 6.60. The summed E-state index contributed by atoms with van der Waals surface area (Å²) in [6.07, 6.45) is 10.9. The predicted octanol–water partition coefficient (Wildman–Crippen LogP) is 4.30. The van der Waals surface area contributed by atoms with Gasteiger partial charge < -0.3 is 14.5 Å². The lowest BCUT2D eigenvalue weighted by Gasteiger charge is -2.43. The van der Waals surface area contributed by atoms with E-state index in [1.54, 1.807) is 0 Å². The molecular weight excluding hydrogens is 344 g/mol. The minimum Gasteiger partial charge on any atom is -0.480 e. The molecule has 0 saturated carbocycles. The zero-order valence-corrected chi connectivity index (χ0v) is 16.6. The summed E-state index contributed by atoms with van der Waals surface area (Å²) in [5.41, 5.74) is 3.69.